The van der Waals surface area contributed by atoms with Crippen LogP contribution in [-0.2, 0) is 19.1 Å². The summed E-state index contributed by atoms with van der Waals surface area (Å²) in [4.78, 5) is 40.4. The fourth-order valence-electron chi connectivity index (χ4n) is 2.72. The largest absolute Gasteiger partial charge is 0.507 e. The third-order valence-electron chi connectivity index (χ3n) is 3.98. The standard InChI is InChI=1S/C17H16N2O6S/c1-9(20)25-7-11-8-26-16-13(15(22)19(16)14(11)17(23)24)18-6-10-4-2-3-5-12(10)21/h2-6,13,16,21H,7-8H2,1H3,(H,23,24)/t13-,16-/m1/s1. The van der Waals surface area contributed by atoms with E-state index < -0.39 is 29.3 Å². The van der Waals surface area contributed by atoms with Crippen LogP contribution in [0.3, 0.4) is 0 Å². The fraction of sp³-hybridized carbons (Fsp3) is 0.294. The summed E-state index contributed by atoms with van der Waals surface area (Å²) in [5.74, 6) is -1.83. The highest BCUT2D eigenvalue weighted by Crippen LogP contribution is 2.41. The first-order valence-electron chi connectivity index (χ1n) is 7.74. The van der Waals surface area contributed by atoms with E-state index in [1.807, 2.05) is 0 Å². The number of thioether (sulfide) groups is 1. The molecule has 0 unspecified atom stereocenters. The van der Waals surface area contributed by atoms with Gasteiger partial charge in [-0.1, -0.05) is 12.1 Å². The lowest BCUT2D eigenvalue weighted by molar-refractivity contribution is -0.148. The van der Waals surface area contributed by atoms with Crippen LogP contribution in [0.4, 0.5) is 0 Å². The van der Waals surface area contributed by atoms with Crippen LogP contribution in [0.25, 0.3) is 0 Å². The van der Waals surface area contributed by atoms with Crippen LogP contribution in [0.5, 0.6) is 5.75 Å². The summed E-state index contributed by atoms with van der Waals surface area (Å²) in [5, 5.41) is 18.8. The second-order valence-electron chi connectivity index (χ2n) is 5.73. The minimum atomic E-state index is -1.24. The molecule has 136 valence electrons. The van der Waals surface area contributed by atoms with E-state index in [1.54, 1.807) is 18.2 Å². The molecule has 3 rings (SSSR count). The molecule has 2 atom stereocenters. The molecule has 9 heteroatoms. The Kier molecular flexibility index (Phi) is 4.99. The lowest BCUT2D eigenvalue weighted by Gasteiger charge is -2.47. The molecule has 0 aliphatic carbocycles. The van der Waals surface area contributed by atoms with Crippen LogP contribution in [0.15, 0.2) is 40.5 Å². The molecule has 0 radical (unpaired) electrons. The monoisotopic (exact) mass is 376 g/mol. The molecule has 2 heterocycles. The van der Waals surface area contributed by atoms with Crippen molar-refractivity contribution < 1.29 is 29.3 Å². The minimum Gasteiger partial charge on any atom is -0.507 e. The maximum atomic E-state index is 12.4. The number of aliphatic carboxylic acids is 1. The van der Waals surface area contributed by atoms with E-state index in [1.165, 1.54) is 35.9 Å². The van der Waals surface area contributed by atoms with Crippen molar-refractivity contribution in [2.75, 3.05) is 12.4 Å². The summed E-state index contributed by atoms with van der Waals surface area (Å²) in [5.41, 5.74) is 0.712. The molecule has 1 saturated heterocycles. The molecule has 2 N–H and O–H groups in total. The minimum absolute atomic E-state index is 0.0472. The van der Waals surface area contributed by atoms with E-state index in [0.29, 0.717) is 16.9 Å². The topological polar surface area (TPSA) is 116 Å². The van der Waals surface area contributed by atoms with E-state index in [-0.39, 0.29) is 18.1 Å². The molecule has 0 saturated carbocycles. The lowest BCUT2D eigenvalue weighted by Crippen LogP contribution is -2.64. The molecule has 1 fully saturated rings. The summed E-state index contributed by atoms with van der Waals surface area (Å²) >= 11 is 1.36. The average molecular weight is 376 g/mol. The molecule has 8 nitrogen and oxygen atoms in total. The summed E-state index contributed by atoms with van der Waals surface area (Å²) < 4.78 is 4.88. The van der Waals surface area contributed by atoms with Crippen LogP contribution < -0.4 is 0 Å². The predicted molar refractivity (Wildman–Crippen MR) is 93.9 cm³/mol. The van der Waals surface area contributed by atoms with Gasteiger partial charge in [-0.2, -0.15) is 0 Å². The molecule has 1 aromatic rings. The van der Waals surface area contributed by atoms with Gasteiger partial charge in [-0.05, 0) is 12.1 Å². The summed E-state index contributed by atoms with van der Waals surface area (Å²) in [6.07, 6.45) is 1.41. The highest BCUT2D eigenvalue weighted by Gasteiger charge is 2.53. The van der Waals surface area contributed by atoms with E-state index in [2.05, 4.69) is 4.99 Å². The molecular formula is C17H16N2O6S. The highest BCUT2D eigenvalue weighted by molar-refractivity contribution is 8.00. The quantitative estimate of drug-likeness (QED) is 0.447. The number of carboxylic acid groups (broad SMARTS) is 1. The van der Waals surface area contributed by atoms with Crippen molar-refractivity contribution in [3.63, 3.8) is 0 Å². The number of phenolic OH excluding ortho intramolecular Hbond substituents is 1. The number of nitrogens with zero attached hydrogens (tertiary/aromatic N) is 2. The normalized spacial score (nSPS) is 22.2. The molecular weight excluding hydrogens is 360 g/mol. The van der Waals surface area contributed by atoms with Crippen LogP contribution >= 0.6 is 11.8 Å². The number of rotatable bonds is 5. The molecule has 1 amide bonds. The Morgan fingerprint density at radius 2 is 2.15 bits per heavy atom. The van der Waals surface area contributed by atoms with Crippen molar-refractivity contribution >= 4 is 35.8 Å². The number of carboxylic acids is 1. The third kappa shape index (κ3) is 3.30. The first-order chi connectivity index (χ1) is 12.4. The molecule has 0 spiro atoms. The Balaban J connectivity index is 1.80. The summed E-state index contributed by atoms with van der Waals surface area (Å²) in [6.45, 7) is 1.07. The van der Waals surface area contributed by atoms with Crippen LogP contribution in [0.2, 0.25) is 0 Å². The number of ether oxygens (including phenoxy) is 1. The van der Waals surface area contributed by atoms with Gasteiger partial charge in [-0.25, -0.2) is 4.79 Å². The van der Waals surface area contributed by atoms with Gasteiger partial charge in [0.2, 0.25) is 0 Å². The number of hydrogen-bond acceptors (Lipinski definition) is 7. The Morgan fingerprint density at radius 3 is 2.81 bits per heavy atom. The van der Waals surface area contributed by atoms with Gasteiger partial charge in [0.05, 0.1) is 0 Å². The Labute approximate surface area is 153 Å². The number of aliphatic imine (C=N–C) groups is 1. The molecule has 0 aromatic heterocycles. The first-order valence-corrected chi connectivity index (χ1v) is 8.79. The van der Waals surface area contributed by atoms with E-state index in [9.17, 15) is 24.6 Å². The zero-order valence-corrected chi connectivity index (χ0v) is 14.6. The van der Waals surface area contributed by atoms with Crippen LogP contribution in [-0.4, -0.2) is 62.9 Å². The zero-order valence-electron chi connectivity index (χ0n) is 13.8. The highest BCUT2D eigenvalue weighted by atomic mass is 32.2. The Morgan fingerprint density at radius 1 is 1.42 bits per heavy atom. The van der Waals surface area contributed by atoms with Gasteiger partial charge in [0, 0.05) is 30.0 Å². The van der Waals surface area contributed by atoms with Crippen LogP contribution in [0, 0.1) is 0 Å². The number of aromatic hydroxyl groups is 1. The SMILES string of the molecule is CC(=O)OCC1=C(C(=O)O)N2C(=O)[C@@H](N=Cc3ccccc3O)[C@H]2SC1. The van der Waals surface area contributed by atoms with E-state index >= 15 is 0 Å². The van der Waals surface area contributed by atoms with Crippen molar-refractivity contribution in [2.24, 2.45) is 4.99 Å². The maximum absolute atomic E-state index is 12.4. The van der Waals surface area contributed by atoms with Gasteiger partial charge in [-0.15, -0.1) is 11.8 Å². The third-order valence-corrected chi connectivity index (χ3v) is 5.31. The van der Waals surface area contributed by atoms with Gasteiger partial charge in [0.15, 0.2) is 6.04 Å². The van der Waals surface area contributed by atoms with Crippen molar-refractivity contribution in [3.8, 4) is 5.75 Å². The number of para-hydroxylation sites is 1. The van der Waals surface area contributed by atoms with Crippen LogP contribution in [0.1, 0.15) is 12.5 Å². The number of β-lactam (4-membered cyclic amide) rings is 1. The van der Waals surface area contributed by atoms with Crippen molar-refractivity contribution in [1.29, 1.82) is 0 Å². The molecule has 26 heavy (non-hydrogen) atoms. The number of fused-ring (bicyclic) bond motifs is 1. The molecule has 2 aliphatic heterocycles. The second kappa shape index (κ2) is 7.20. The van der Waals surface area contributed by atoms with Crippen molar-refractivity contribution in [1.82, 2.24) is 4.90 Å². The van der Waals surface area contributed by atoms with Crippen molar-refractivity contribution in [3.05, 3.63) is 41.1 Å². The predicted octanol–water partition coefficient (Wildman–Crippen LogP) is 0.997. The fourth-order valence-corrected chi connectivity index (χ4v) is 4.04. The van der Waals surface area contributed by atoms with E-state index in [0.717, 1.165) is 0 Å². The number of carbonyl (C=O) groups excluding carboxylic acids is 2. The van der Waals surface area contributed by atoms with Gasteiger partial charge in [-0.3, -0.25) is 19.5 Å². The van der Waals surface area contributed by atoms with Gasteiger partial charge >= 0.3 is 11.9 Å². The van der Waals surface area contributed by atoms with Gasteiger partial charge < -0.3 is 14.9 Å². The smallest absolute Gasteiger partial charge is 0.352 e. The molecule has 2 aliphatic rings. The number of phenols is 1. The number of esters is 1. The number of carbonyl (C=O) groups is 3. The molecule has 0 bridgehead atoms. The zero-order chi connectivity index (χ0) is 18.8. The number of hydrogen-bond donors (Lipinski definition) is 2. The van der Waals surface area contributed by atoms with E-state index in [4.69, 9.17) is 4.74 Å². The van der Waals surface area contributed by atoms with Gasteiger partial charge in [0.1, 0.15) is 23.4 Å². The average Bonchev–Trinajstić information content (AvgIpc) is 2.60. The lowest BCUT2D eigenvalue weighted by atomic mass is 10.0. The van der Waals surface area contributed by atoms with Gasteiger partial charge in [0.25, 0.3) is 5.91 Å². The number of benzene rings is 1. The Hall–Kier alpha value is -2.81. The second-order valence-corrected chi connectivity index (χ2v) is 6.83. The molecule has 1 aromatic carbocycles. The summed E-state index contributed by atoms with van der Waals surface area (Å²) in [6, 6.07) is 5.86. The maximum Gasteiger partial charge on any atom is 0.352 e. The Bertz CT molecular complexity index is 834. The number of amides is 1. The summed E-state index contributed by atoms with van der Waals surface area (Å²) in [7, 11) is 0. The first kappa shape index (κ1) is 18.0. The van der Waals surface area contributed by atoms with Crippen molar-refractivity contribution in [2.45, 2.75) is 18.3 Å².